The molecule has 2 aromatic rings. The third kappa shape index (κ3) is 5.91. The Bertz CT molecular complexity index is 992. The van der Waals surface area contributed by atoms with Crippen LogP contribution in [0.2, 0.25) is 0 Å². The average Bonchev–Trinajstić information content (AvgIpc) is 3.18. The maximum absolute atomic E-state index is 11.0. The molecule has 0 heterocycles. The number of hydrogen-bond donors (Lipinski definition) is 3. The van der Waals surface area contributed by atoms with Gasteiger partial charge in [0, 0.05) is 11.6 Å². The quantitative estimate of drug-likeness (QED) is 0.511. The van der Waals surface area contributed by atoms with E-state index in [2.05, 4.69) is 18.2 Å². The Labute approximate surface area is 189 Å². The number of hydrogen-bond acceptors (Lipinski definition) is 5. The van der Waals surface area contributed by atoms with Crippen LogP contribution in [0.15, 0.2) is 42.5 Å². The Balaban J connectivity index is 1.34. The largest absolute Gasteiger partial charge is 0.497 e. The van der Waals surface area contributed by atoms with Gasteiger partial charge in [-0.15, -0.1) is 0 Å². The summed E-state index contributed by atoms with van der Waals surface area (Å²) in [5.41, 5.74) is 9.70. The average molecular weight is 461 g/mol. The lowest BCUT2D eigenvalue weighted by atomic mass is 9.82. The molecule has 0 radical (unpaired) electrons. The van der Waals surface area contributed by atoms with Crippen molar-refractivity contribution in [2.24, 2.45) is 11.7 Å². The number of rotatable bonds is 8. The molecule has 32 heavy (non-hydrogen) atoms. The van der Waals surface area contributed by atoms with Crippen LogP contribution in [0.5, 0.6) is 11.5 Å². The lowest BCUT2D eigenvalue weighted by Crippen LogP contribution is -2.41. The van der Waals surface area contributed by atoms with Crippen molar-refractivity contribution in [3.63, 3.8) is 0 Å². The Morgan fingerprint density at radius 3 is 2.72 bits per heavy atom. The van der Waals surface area contributed by atoms with E-state index < -0.39 is 13.4 Å². The van der Waals surface area contributed by atoms with Crippen molar-refractivity contribution >= 4 is 7.82 Å². The van der Waals surface area contributed by atoms with Gasteiger partial charge in [-0.25, -0.2) is 4.57 Å². The third-order valence-electron chi connectivity index (χ3n) is 6.72. The van der Waals surface area contributed by atoms with E-state index in [0.717, 1.165) is 37.2 Å². The SMILES string of the molecule is COc1cccc(OC[C@@H]2CCc3cc([C@@H]4CC[C@](N)(COP(=O)(O)O)C4)ccc3C2)c1. The predicted molar refractivity (Wildman–Crippen MR) is 122 cm³/mol. The van der Waals surface area contributed by atoms with Crippen LogP contribution in [0.25, 0.3) is 0 Å². The van der Waals surface area contributed by atoms with Crippen LogP contribution in [-0.4, -0.2) is 35.6 Å². The standard InChI is InChI=1S/C24H32NO6P/c1-29-22-3-2-4-23(13-22)30-15-17-5-6-19-12-20(8-7-18(19)11-17)21-9-10-24(25,14-21)16-31-32(26,27)28/h2-4,7-8,12-13,17,21H,5-6,9-11,14-16,25H2,1H3,(H2,26,27,28)/t17-,21-,24-/m1/s1. The van der Waals surface area contributed by atoms with Crippen LogP contribution in [-0.2, 0) is 21.9 Å². The molecule has 1 fully saturated rings. The summed E-state index contributed by atoms with van der Waals surface area (Å²) in [7, 11) is -2.85. The first-order valence-electron chi connectivity index (χ1n) is 11.1. The molecule has 0 aromatic heterocycles. The summed E-state index contributed by atoms with van der Waals surface area (Å²) in [6, 6.07) is 14.4. The molecular weight excluding hydrogens is 429 g/mol. The van der Waals surface area contributed by atoms with Crippen LogP contribution in [0, 0.1) is 5.92 Å². The van der Waals surface area contributed by atoms with Gasteiger partial charge in [0.05, 0.1) is 20.3 Å². The summed E-state index contributed by atoms with van der Waals surface area (Å²) in [6.07, 6.45) is 5.37. The lowest BCUT2D eigenvalue weighted by Gasteiger charge is -2.27. The zero-order chi connectivity index (χ0) is 22.8. The molecule has 4 N–H and O–H groups in total. The molecule has 7 nitrogen and oxygen atoms in total. The molecule has 0 amide bonds. The van der Waals surface area contributed by atoms with E-state index in [-0.39, 0.29) is 6.61 Å². The molecule has 0 aliphatic heterocycles. The Morgan fingerprint density at radius 2 is 1.94 bits per heavy atom. The zero-order valence-electron chi connectivity index (χ0n) is 18.4. The number of fused-ring (bicyclic) bond motifs is 1. The molecule has 2 aromatic carbocycles. The Kier molecular flexibility index (Phi) is 6.94. The lowest BCUT2D eigenvalue weighted by molar-refractivity contribution is 0.153. The van der Waals surface area contributed by atoms with Gasteiger partial charge in [-0.05, 0) is 79.2 Å². The van der Waals surface area contributed by atoms with Gasteiger partial charge in [-0.2, -0.15) is 0 Å². The molecule has 8 heteroatoms. The zero-order valence-corrected chi connectivity index (χ0v) is 19.3. The first-order chi connectivity index (χ1) is 15.2. The van der Waals surface area contributed by atoms with Crippen molar-refractivity contribution < 1.29 is 28.3 Å². The molecule has 0 spiro atoms. The van der Waals surface area contributed by atoms with Gasteiger partial charge in [0.2, 0.25) is 0 Å². The minimum Gasteiger partial charge on any atom is -0.497 e. The third-order valence-corrected chi connectivity index (χ3v) is 7.19. The smallest absolute Gasteiger partial charge is 0.469 e. The fourth-order valence-corrected chi connectivity index (χ4v) is 5.36. The fourth-order valence-electron chi connectivity index (χ4n) is 4.94. The number of phosphoric ester groups is 1. The van der Waals surface area contributed by atoms with Gasteiger partial charge >= 0.3 is 7.82 Å². The van der Waals surface area contributed by atoms with E-state index in [1.54, 1.807) is 7.11 Å². The normalized spacial score (nSPS) is 25.4. The second kappa shape index (κ2) is 9.54. The summed E-state index contributed by atoms with van der Waals surface area (Å²) in [5.74, 6) is 2.40. The minimum atomic E-state index is -4.50. The van der Waals surface area contributed by atoms with Crippen LogP contribution in [0.3, 0.4) is 0 Å². The summed E-state index contributed by atoms with van der Waals surface area (Å²) in [5, 5.41) is 0. The number of ether oxygens (including phenoxy) is 2. The second-order valence-electron chi connectivity index (χ2n) is 9.19. The summed E-state index contributed by atoms with van der Waals surface area (Å²) < 4.78 is 27.0. The summed E-state index contributed by atoms with van der Waals surface area (Å²) in [4.78, 5) is 17.9. The van der Waals surface area contributed by atoms with Crippen LogP contribution in [0.4, 0.5) is 0 Å². The molecule has 174 valence electrons. The highest BCUT2D eigenvalue weighted by atomic mass is 31.2. The van der Waals surface area contributed by atoms with Crippen molar-refractivity contribution in [3.8, 4) is 11.5 Å². The fraction of sp³-hybridized carbons (Fsp3) is 0.500. The minimum absolute atomic E-state index is 0.117. The molecule has 0 unspecified atom stereocenters. The highest BCUT2D eigenvalue weighted by Gasteiger charge is 2.38. The molecule has 0 bridgehead atoms. The topological polar surface area (TPSA) is 111 Å². The maximum atomic E-state index is 11.0. The maximum Gasteiger partial charge on any atom is 0.469 e. The van der Waals surface area contributed by atoms with Gasteiger partial charge in [0.25, 0.3) is 0 Å². The molecule has 2 aliphatic carbocycles. The van der Waals surface area contributed by atoms with E-state index in [9.17, 15) is 4.57 Å². The first kappa shape index (κ1) is 23.3. The van der Waals surface area contributed by atoms with Gasteiger partial charge in [-0.3, -0.25) is 4.52 Å². The second-order valence-corrected chi connectivity index (χ2v) is 10.4. The summed E-state index contributed by atoms with van der Waals surface area (Å²) >= 11 is 0. The van der Waals surface area contributed by atoms with E-state index in [0.29, 0.717) is 31.3 Å². The highest BCUT2D eigenvalue weighted by molar-refractivity contribution is 7.46. The molecule has 1 saturated carbocycles. The van der Waals surface area contributed by atoms with Crippen LogP contribution >= 0.6 is 7.82 Å². The van der Waals surface area contributed by atoms with Gasteiger partial charge in [0.15, 0.2) is 0 Å². The first-order valence-corrected chi connectivity index (χ1v) is 12.6. The predicted octanol–water partition coefficient (Wildman–Crippen LogP) is 3.95. The van der Waals surface area contributed by atoms with E-state index >= 15 is 0 Å². The van der Waals surface area contributed by atoms with Gasteiger partial charge in [0.1, 0.15) is 11.5 Å². The molecular formula is C24H32NO6P. The number of methoxy groups -OCH3 is 1. The van der Waals surface area contributed by atoms with Crippen molar-refractivity contribution in [3.05, 3.63) is 59.2 Å². The molecule has 4 rings (SSSR count). The molecule has 0 saturated heterocycles. The monoisotopic (exact) mass is 461 g/mol. The van der Waals surface area contributed by atoms with Crippen molar-refractivity contribution in [1.82, 2.24) is 0 Å². The molecule has 3 atom stereocenters. The number of aryl methyl sites for hydroxylation is 1. The van der Waals surface area contributed by atoms with Crippen molar-refractivity contribution in [2.75, 3.05) is 20.3 Å². The highest BCUT2D eigenvalue weighted by Crippen LogP contribution is 2.44. The summed E-state index contributed by atoms with van der Waals surface area (Å²) in [6.45, 7) is 0.569. The van der Waals surface area contributed by atoms with Crippen LogP contribution in [0.1, 0.15) is 48.3 Å². The van der Waals surface area contributed by atoms with E-state index in [4.69, 9.17) is 29.5 Å². The van der Waals surface area contributed by atoms with Crippen LogP contribution < -0.4 is 15.2 Å². The Morgan fingerprint density at radius 1 is 1.12 bits per heavy atom. The van der Waals surface area contributed by atoms with E-state index in [1.165, 1.54) is 16.7 Å². The number of phosphoric acid groups is 1. The van der Waals surface area contributed by atoms with Crippen molar-refractivity contribution in [2.45, 2.75) is 50.0 Å². The Hall–Kier alpha value is -1.89. The van der Waals surface area contributed by atoms with Gasteiger partial charge < -0.3 is 25.0 Å². The molecule has 2 aliphatic rings. The number of benzene rings is 2. The van der Waals surface area contributed by atoms with E-state index in [1.807, 2.05) is 24.3 Å². The van der Waals surface area contributed by atoms with Crippen molar-refractivity contribution in [1.29, 1.82) is 0 Å². The van der Waals surface area contributed by atoms with Gasteiger partial charge in [-0.1, -0.05) is 24.3 Å². The number of nitrogens with two attached hydrogens (primary N) is 1.